The van der Waals surface area contributed by atoms with Gasteiger partial charge in [0, 0.05) is 42.9 Å². The first-order chi connectivity index (χ1) is 13.5. The van der Waals surface area contributed by atoms with Crippen molar-refractivity contribution in [3.63, 3.8) is 0 Å². The van der Waals surface area contributed by atoms with E-state index in [-0.39, 0.29) is 18.0 Å². The van der Waals surface area contributed by atoms with Gasteiger partial charge >= 0.3 is 0 Å². The molecule has 2 fully saturated rings. The zero-order valence-electron chi connectivity index (χ0n) is 16.4. The molecule has 2 heterocycles. The molecule has 2 aliphatic rings. The molecule has 1 amide bonds. The maximum absolute atomic E-state index is 13.0. The minimum absolute atomic E-state index is 0.101. The van der Waals surface area contributed by atoms with Crippen LogP contribution < -0.4 is 15.8 Å². The van der Waals surface area contributed by atoms with E-state index in [4.69, 9.17) is 11.6 Å². The van der Waals surface area contributed by atoms with Gasteiger partial charge in [-0.3, -0.25) is 4.79 Å². The van der Waals surface area contributed by atoms with Crippen LogP contribution in [0.5, 0.6) is 0 Å². The monoisotopic (exact) mass is 398 g/mol. The quantitative estimate of drug-likeness (QED) is 0.833. The minimum atomic E-state index is -0.198. The van der Waals surface area contributed by atoms with Crippen LogP contribution in [0.25, 0.3) is 0 Å². The zero-order chi connectivity index (χ0) is 19.7. The smallest absolute Gasteiger partial charge is 0.241 e. The van der Waals surface area contributed by atoms with Gasteiger partial charge < -0.3 is 9.80 Å². The van der Waals surface area contributed by atoms with Crippen molar-refractivity contribution in [2.75, 3.05) is 31.1 Å². The Hall–Kier alpha value is -2.08. The van der Waals surface area contributed by atoms with Crippen LogP contribution in [0.1, 0.15) is 29.2 Å². The van der Waals surface area contributed by atoms with E-state index < -0.39 is 0 Å². The van der Waals surface area contributed by atoms with Crippen LogP contribution in [-0.2, 0) is 4.79 Å². The van der Waals surface area contributed by atoms with Gasteiger partial charge in [-0.05, 0) is 55.2 Å². The molecule has 2 aliphatic heterocycles. The molecular formula is C22H27ClN4O. The zero-order valence-corrected chi connectivity index (χ0v) is 17.2. The molecule has 148 valence electrons. The SMILES string of the molecule is Cc1ccc(C)c(N2CCN(C(=O)C3CC(c4cccc(Cl)c4)NN3)CC2)c1. The molecule has 0 aromatic heterocycles. The first-order valence-corrected chi connectivity index (χ1v) is 10.3. The topological polar surface area (TPSA) is 47.6 Å². The van der Waals surface area contributed by atoms with Gasteiger partial charge in [-0.1, -0.05) is 35.9 Å². The summed E-state index contributed by atoms with van der Waals surface area (Å²) in [6, 6.07) is 14.3. The van der Waals surface area contributed by atoms with Gasteiger partial charge in [-0.15, -0.1) is 0 Å². The highest BCUT2D eigenvalue weighted by atomic mass is 35.5. The number of carbonyl (C=O) groups excluding carboxylic acids is 1. The summed E-state index contributed by atoms with van der Waals surface area (Å²) in [6.45, 7) is 7.52. The number of nitrogens with one attached hydrogen (secondary N) is 2. The number of halogens is 1. The van der Waals surface area contributed by atoms with Crippen LogP contribution in [-0.4, -0.2) is 43.0 Å². The lowest BCUT2D eigenvalue weighted by atomic mass is 10.0. The third-order valence-corrected chi connectivity index (χ3v) is 5.98. The Morgan fingerprint density at radius 3 is 2.57 bits per heavy atom. The molecular weight excluding hydrogens is 372 g/mol. The first kappa shape index (κ1) is 19.2. The van der Waals surface area contributed by atoms with Crippen molar-refractivity contribution in [2.24, 2.45) is 0 Å². The highest BCUT2D eigenvalue weighted by molar-refractivity contribution is 6.30. The van der Waals surface area contributed by atoms with Gasteiger partial charge in [-0.2, -0.15) is 0 Å². The summed E-state index contributed by atoms with van der Waals surface area (Å²) in [7, 11) is 0. The van der Waals surface area contributed by atoms with Crippen LogP contribution in [0.4, 0.5) is 5.69 Å². The van der Waals surface area contributed by atoms with Crippen LogP contribution in [0.3, 0.4) is 0 Å². The molecule has 0 bridgehead atoms. The van der Waals surface area contributed by atoms with E-state index in [2.05, 4.69) is 47.8 Å². The van der Waals surface area contributed by atoms with Crippen LogP contribution in [0.15, 0.2) is 42.5 Å². The maximum atomic E-state index is 13.0. The van der Waals surface area contributed by atoms with Gasteiger partial charge in [0.25, 0.3) is 0 Å². The molecule has 0 radical (unpaired) electrons. The molecule has 2 unspecified atom stereocenters. The normalized spacial score (nSPS) is 22.5. The van der Waals surface area contributed by atoms with E-state index in [1.54, 1.807) is 0 Å². The van der Waals surface area contributed by atoms with E-state index >= 15 is 0 Å². The lowest BCUT2D eigenvalue weighted by Gasteiger charge is -2.37. The highest BCUT2D eigenvalue weighted by Crippen LogP contribution is 2.26. The van der Waals surface area contributed by atoms with E-state index in [1.165, 1.54) is 16.8 Å². The standard InChI is InChI=1S/C22H27ClN4O/c1-15-6-7-16(2)21(12-15)26-8-10-27(11-9-26)22(28)20-14-19(24-25-20)17-4-3-5-18(23)13-17/h3-7,12-13,19-20,24-25H,8-11,14H2,1-2H3. The van der Waals surface area contributed by atoms with Gasteiger partial charge in [0.1, 0.15) is 6.04 Å². The summed E-state index contributed by atoms with van der Waals surface area (Å²) in [5, 5.41) is 0.719. The van der Waals surface area contributed by atoms with Gasteiger partial charge in [0.15, 0.2) is 0 Å². The first-order valence-electron chi connectivity index (χ1n) is 9.89. The third kappa shape index (κ3) is 4.02. The van der Waals surface area contributed by atoms with E-state index in [1.807, 2.05) is 29.2 Å². The fourth-order valence-corrected chi connectivity index (χ4v) is 4.31. The van der Waals surface area contributed by atoms with Gasteiger partial charge in [-0.25, -0.2) is 10.9 Å². The third-order valence-electron chi connectivity index (χ3n) is 5.75. The van der Waals surface area contributed by atoms with E-state index in [0.717, 1.165) is 43.2 Å². The second-order valence-electron chi connectivity index (χ2n) is 7.79. The van der Waals surface area contributed by atoms with Crippen molar-refractivity contribution in [1.29, 1.82) is 0 Å². The van der Waals surface area contributed by atoms with E-state index in [9.17, 15) is 4.79 Å². The van der Waals surface area contributed by atoms with Crippen molar-refractivity contribution in [1.82, 2.24) is 15.8 Å². The second-order valence-corrected chi connectivity index (χ2v) is 8.22. The van der Waals surface area contributed by atoms with Crippen LogP contribution >= 0.6 is 11.6 Å². The molecule has 6 heteroatoms. The number of anilines is 1. The van der Waals surface area contributed by atoms with Crippen molar-refractivity contribution in [3.8, 4) is 0 Å². The summed E-state index contributed by atoms with van der Waals surface area (Å²) in [5.41, 5.74) is 11.4. The minimum Gasteiger partial charge on any atom is -0.368 e. The highest BCUT2D eigenvalue weighted by Gasteiger charge is 2.34. The molecule has 2 aromatic carbocycles. The second kappa shape index (κ2) is 8.11. The summed E-state index contributed by atoms with van der Waals surface area (Å²) >= 11 is 6.10. The number of piperazine rings is 1. The molecule has 28 heavy (non-hydrogen) atoms. The molecule has 2 atom stereocenters. The molecule has 0 spiro atoms. The number of hydrogen-bond donors (Lipinski definition) is 2. The molecule has 4 rings (SSSR count). The summed E-state index contributed by atoms with van der Waals surface area (Å²) in [4.78, 5) is 17.4. The fraction of sp³-hybridized carbons (Fsp3) is 0.409. The van der Waals surface area contributed by atoms with Crippen molar-refractivity contribution in [3.05, 3.63) is 64.2 Å². The molecule has 0 saturated carbocycles. The number of amides is 1. The lowest BCUT2D eigenvalue weighted by molar-refractivity contribution is -0.133. The number of hydrazine groups is 1. The van der Waals surface area contributed by atoms with E-state index in [0.29, 0.717) is 0 Å². The predicted molar refractivity (Wildman–Crippen MR) is 114 cm³/mol. The summed E-state index contributed by atoms with van der Waals surface area (Å²) in [5.74, 6) is 0.178. The summed E-state index contributed by atoms with van der Waals surface area (Å²) in [6.07, 6.45) is 0.733. The average Bonchev–Trinajstić information content (AvgIpc) is 3.20. The number of benzene rings is 2. The Labute approximate surface area is 171 Å². The fourth-order valence-electron chi connectivity index (χ4n) is 4.11. The van der Waals surface area contributed by atoms with Crippen molar-refractivity contribution < 1.29 is 4.79 Å². The Morgan fingerprint density at radius 1 is 1.04 bits per heavy atom. The largest absolute Gasteiger partial charge is 0.368 e. The molecule has 2 aromatic rings. The predicted octanol–water partition coefficient (Wildman–Crippen LogP) is 3.21. The lowest BCUT2D eigenvalue weighted by Crippen LogP contribution is -2.53. The van der Waals surface area contributed by atoms with Gasteiger partial charge in [0.05, 0.1) is 0 Å². The molecule has 2 N–H and O–H groups in total. The number of aryl methyl sites for hydroxylation is 2. The Kier molecular flexibility index (Phi) is 5.58. The number of carbonyl (C=O) groups is 1. The number of hydrogen-bond acceptors (Lipinski definition) is 4. The Balaban J connectivity index is 1.35. The van der Waals surface area contributed by atoms with Crippen LogP contribution in [0, 0.1) is 13.8 Å². The van der Waals surface area contributed by atoms with Crippen molar-refractivity contribution in [2.45, 2.75) is 32.4 Å². The van der Waals surface area contributed by atoms with Crippen LogP contribution in [0.2, 0.25) is 5.02 Å². The maximum Gasteiger partial charge on any atom is 0.241 e. The molecule has 5 nitrogen and oxygen atoms in total. The Bertz CT molecular complexity index is 863. The number of rotatable bonds is 3. The number of nitrogens with zero attached hydrogens (tertiary/aromatic N) is 2. The average molecular weight is 399 g/mol. The molecule has 2 saturated heterocycles. The Morgan fingerprint density at radius 2 is 1.82 bits per heavy atom. The summed E-state index contributed by atoms with van der Waals surface area (Å²) < 4.78 is 0. The van der Waals surface area contributed by atoms with Crippen molar-refractivity contribution >= 4 is 23.2 Å². The molecule has 0 aliphatic carbocycles. The van der Waals surface area contributed by atoms with Gasteiger partial charge in [0.2, 0.25) is 5.91 Å².